The van der Waals surface area contributed by atoms with Crippen molar-refractivity contribution in [2.24, 2.45) is 7.05 Å². The zero-order valence-electron chi connectivity index (χ0n) is 24.5. The summed E-state index contributed by atoms with van der Waals surface area (Å²) in [5, 5.41) is 7.26. The number of carbonyl (C=O) groups excluding carboxylic acids is 1. The Morgan fingerprint density at radius 2 is 1.59 bits per heavy atom. The number of aromatic nitrogens is 4. The molecular formula is C30H35F6N7O. The molecule has 14 heteroatoms. The summed E-state index contributed by atoms with van der Waals surface area (Å²) >= 11 is 0. The van der Waals surface area contributed by atoms with Gasteiger partial charge in [-0.15, -0.1) is 0 Å². The van der Waals surface area contributed by atoms with Crippen LogP contribution in [0.1, 0.15) is 68.6 Å². The lowest BCUT2D eigenvalue weighted by atomic mass is 9.96. The Morgan fingerprint density at radius 3 is 2.14 bits per heavy atom. The van der Waals surface area contributed by atoms with Crippen molar-refractivity contribution < 1.29 is 31.1 Å². The first-order valence-electron chi connectivity index (χ1n) is 14.7. The van der Waals surface area contributed by atoms with Crippen LogP contribution in [0.15, 0.2) is 43.0 Å². The van der Waals surface area contributed by atoms with Crippen LogP contribution < -0.4 is 10.2 Å². The van der Waals surface area contributed by atoms with Crippen molar-refractivity contribution in [1.82, 2.24) is 30.0 Å². The van der Waals surface area contributed by atoms with Crippen LogP contribution in [0.25, 0.3) is 11.1 Å². The van der Waals surface area contributed by atoms with E-state index in [-0.39, 0.29) is 48.8 Å². The van der Waals surface area contributed by atoms with Crippen molar-refractivity contribution in [3.8, 4) is 11.1 Å². The average Bonchev–Trinajstić information content (AvgIpc) is 3.62. The summed E-state index contributed by atoms with van der Waals surface area (Å²) in [6.45, 7) is 1.84. The van der Waals surface area contributed by atoms with Gasteiger partial charge in [0.25, 0.3) is 0 Å². The molecule has 8 nitrogen and oxygen atoms in total. The smallest absolute Gasteiger partial charge is 0.335 e. The Hall–Kier alpha value is -3.84. The number of urea groups is 1. The molecule has 1 saturated carbocycles. The van der Waals surface area contributed by atoms with E-state index in [1.807, 2.05) is 6.92 Å². The molecule has 1 saturated heterocycles. The van der Waals surface area contributed by atoms with Crippen LogP contribution in [-0.2, 0) is 25.9 Å². The molecule has 0 radical (unpaired) electrons. The minimum Gasteiger partial charge on any atom is -0.335 e. The highest BCUT2D eigenvalue weighted by Gasteiger charge is 2.40. The Kier molecular flexibility index (Phi) is 9.07. The number of alkyl halides is 6. The number of nitrogens with zero attached hydrogens (tertiary/aromatic N) is 6. The number of aryl methyl sites for hydroxylation is 1. The van der Waals surface area contributed by atoms with E-state index in [1.54, 1.807) is 46.3 Å². The molecule has 0 bridgehead atoms. The van der Waals surface area contributed by atoms with E-state index >= 15 is 0 Å². The highest BCUT2D eigenvalue weighted by atomic mass is 19.4. The van der Waals surface area contributed by atoms with Gasteiger partial charge in [0.05, 0.1) is 23.4 Å². The van der Waals surface area contributed by atoms with Gasteiger partial charge in [0.1, 0.15) is 0 Å². The first-order valence-corrected chi connectivity index (χ1v) is 14.7. The third-order valence-corrected chi connectivity index (χ3v) is 8.43. The first kappa shape index (κ1) is 31.6. The Bertz CT molecular complexity index is 1400. The second-order valence-electron chi connectivity index (χ2n) is 11.6. The summed E-state index contributed by atoms with van der Waals surface area (Å²) < 4.78 is 83.6. The molecule has 1 aliphatic heterocycles. The Labute approximate surface area is 251 Å². The maximum Gasteiger partial charge on any atom is 0.416 e. The van der Waals surface area contributed by atoms with Crippen molar-refractivity contribution in [1.29, 1.82) is 0 Å². The van der Waals surface area contributed by atoms with Crippen LogP contribution >= 0.6 is 0 Å². The van der Waals surface area contributed by atoms with Crippen LogP contribution in [0.5, 0.6) is 0 Å². The SMILES string of the molecule is CC[C@@H]1C[C@H](N(Cc2cc(C(F)(F)F)cc(C(F)(F)F)c2)c2ncc(-c3cnn(C)c3)cn2)CN1C(=O)NC1CCCCC1. The largest absolute Gasteiger partial charge is 0.416 e. The minimum absolute atomic E-state index is 0.0816. The number of hydrogen-bond acceptors (Lipinski definition) is 5. The van der Waals surface area contributed by atoms with Gasteiger partial charge >= 0.3 is 18.4 Å². The highest BCUT2D eigenvalue weighted by Crippen LogP contribution is 2.37. The molecule has 2 aliphatic rings. The van der Waals surface area contributed by atoms with Crippen molar-refractivity contribution >= 4 is 12.0 Å². The van der Waals surface area contributed by atoms with E-state index in [1.165, 1.54) is 0 Å². The molecule has 5 rings (SSSR count). The molecule has 2 atom stereocenters. The molecule has 1 N–H and O–H groups in total. The van der Waals surface area contributed by atoms with E-state index < -0.39 is 29.5 Å². The lowest BCUT2D eigenvalue weighted by Crippen LogP contribution is -2.48. The molecule has 238 valence electrons. The van der Waals surface area contributed by atoms with Gasteiger partial charge in [-0.05, 0) is 49.4 Å². The van der Waals surface area contributed by atoms with Crippen molar-refractivity contribution in [2.45, 2.75) is 88.9 Å². The highest BCUT2D eigenvalue weighted by molar-refractivity contribution is 5.75. The molecule has 3 aromatic rings. The van der Waals surface area contributed by atoms with E-state index in [2.05, 4.69) is 20.4 Å². The zero-order valence-corrected chi connectivity index (χ0v) is 24.5. The van der Waals surface area contributed by atoms with Crippen LogP contribution in [0, 0.1) is 0 Å². The van der Waals surface area contributed by atoms with E-state index in [0.29, 0.717) is 18.4 Å². The fraction of sp³-hybridized carbons (Fsp3) is 0.533. The van der Waals surface area contributed by atoms with Crippen LogP contribution in [-0.4, -0.2) is 55.3 Å². The molecule has 2 amide bonds. The number of anilines is 1. The summed E-state index contributed by atoms with van der Waals surface area (Å²) in [6, 6.07) is 0.819. The first-order chi connectivity index (χ1) is 20.8. The summed E-state index contributed by atoms with van der Waals surface area (Å²) in [7, 11) is 1.76. The van der Waals surface area contributed by atoms with E-state index in [9.17, 15) is 31.1 Å². The van der Waals surface area contributed by atoms with Gasteiger partial charge in [-0.3, -0.25) is 4.68 Å². The predicted octanol–water partition coefficient (Wildman–Crippen LogP) is 6.82. The quantitative estimate of drug-likeness (QED) is 0.293. The van der Waals surface area contributed by atoms with Crippen molar-refractivity contribution in [2.75, 3.05) is 11.4 Å². The van der Waals surface area contributed by atoms with Gasteiger partial charge in [0.15, 0.2) is 0 Å². The molecular weight excluding hydrogens is 588 g/mol. The predicted molar refractivity (Wildman–Crippen MR) is 151 cm³/mol. The number of likely N-dealkylation sites (tertiary alicyclic amines) is 1. The van der Waals surface area contributed by atoms with E-state index in [0.717, 1.165) is 49.8 Å². The number of hydrogen-bond donors (Lipinski definition) is 1. The fourth-order valence-electron chi connectivity index (χ4n) is 6.12. The third kappa shape index (κ3) is 7.27. The Balaban J connectivity index is 1.48. The lowest BCUT2D eigenvalue weighted by molar-refractivity contribution is -0.143. The number of rotatable bonds is 7. The topological polar surface area (TPSA) is 79.2 Å². The van der Waals surface area contributed by atoms with Crippen LogP contribution in [0.3, 0.4) is 0 Å². The fourth-order valence-corrected chi connectivity index (χ4v) is 6.12. The summed E-state index contributed by atoms with van der Waals surface area (Å²) in [6.07, 6.45) is 2.64. The maximum absolute atomic E-state index is 13.7. The van der Waals surface area contributed by atoms with E-state index in [4.69, 9.17) is 0 Å². The molecule has 44 heavy (non-hydrogen) atoms. The van der Waals surface area contributed by atoms with Gasteiger partial charge in [-0.1, -0.05) is 26.2 Å². The second kappa shape index (κ2) is 12.6. The number of nitrogens with one attached hydrogen (secondary N) is 1. The molecule has 0 unspecified atom stereocenters. The third-order valence-electron chi connectivity index (χ3n) is 8.43. The molecule has 2 fully saturated rings. The number of amides is 2. The molecule has 2 aromatic heterocycles. The summed E-state index contributed by atoms with van der Waals surface area (Å²) in [5.74, 6) is 0.137. The molecule has 1 aromatic carbocycles. The Morgan fingerprint density at radius 1 is 0.955 bits per heavy atom. The zero-order chi connectivity index (χ0) is 31.6. The van der Waals surface area contributed by atoms with Gasteiger partial charge in [-0.25, -0.2) is 14.8 Å². The number of halogens is 6. The monoisotopic (exact) mass is 623 g/mol. The second-order valence-corrected chi connectivity index (χ2v) is 11.6. The summed E-state index contributed by atoms with van der Waals surface area (Å²) in [4.78, 5) is 25.7. The van der Waals surface area contributed by atoms with Gasteiger partial charge in [0.2, 0.25) is 5.95 Å². The van der Waals surface area contributed by atoms with Crippen molar-refractivity contribution in [3.05, 3.63) is 59.7 Å². The van der Waals surface area contributed by atoms with Gasteiger partial charge < -0.3 is 15.1 Å². The van der Waals surface area contributed by atoms with Gasteiger partial charge in [-0.2, -0.15) is 31.4 Å². The van der Waals surface area contributed by atoms with Crippen molar-refractivity contribution in [3.63, 3.8) is 0 Å². The molecule has 3 heterocycles. The van der Waals surface area contributed by atoms with Crippen LogP contribution in [0.4, 0.5) is 37.1 Å². The minimum atomic E-state index is -4.97. The lowest BCUT2D eigenvalue weighted by Gasteiger charge is -2.31. The van der Waals surface area contributed by atoms with Gasteiger partial charge in [0, 0.05) is 61.9 Å². The normalized spacial score (nSPS) is 19.8. The number of carbonyl (C=O) groups is 1. The average molecular weight is 624 g/mol. The summed E-state index contributed by atoms with van der Waals surface area (Å²) in [5.41, 5.74) is -1.57. The molecule has 0 spiro atoms. The standard InChI is InChI=1S/C30H35F6N7O/c1-3-25-12-26(18-43(25)28(44)40-24-7-5-4-6-8-24)42(27-37-13-20(14-38-27)21-15-39-41(2)17-21)16-19-9-22(29(31,32)33)11-23(10-19)30(34,35)36/h9-11,13-15,17,24-26H,3-8,12,16,18H2,1-2H3,(H,40,44)/t25-,26+/m1/s1. The maximum atomic E-state index is 13.7. The van der Waals surface area contributed by atoms with Crippen LogP contribution in [0.2, 0.25) is 0 Å². The number of benzene rings is 1. The molecule has 1 aliphatic carbocycles.